The summed E-state index contributed by atoms with van der Waals surface area (Å²) in [6, 6.07) is 11.4. The molecule has 0 radical (unpaired) electrons. The van der Waals surface area contributed by atoms with Crippen molar-refractivity contribution < 1.29 is 17.7 Å². The summed E-state index contributed by atoms with van der Waals surface area (Å²) in [5.74, 6) is -0.300. The molecule has 2 aromatic rings. The average Bonchev–Trinajstić information content (AvgIpc) is 2.67. The van der Waals surface area contributed by atoms with E-state index in [9.17, 15) is 22.9 Å². The van der Waals surface area contributed by atoms with Crippen molar-refractivity contribution in [2.45, 2.75) is 17.9 Å². The van der Waals surface area contributed by atoms with Gasteiger partial charge in [-0.3, -0.25) is 15.0 Å². The Morgan fingerprint density at radius 3 is 2.37 bits per heavy atom. The van der Waals surface area contributed by atoms with Gasteiger partial charge in [-0.2, -0.15) is 4.31 Å². The van der Waals surface area contributed by atoms with E-state index in [2.05, 4.69) is 4.90 Å². The van der Waals surface area contributed by atoms with Gasteiger partial charge in [-0.25, -0.2) is 12.8 Å². The lowest BCUT2D eigenvalue weighted by Crippen LogP contribution is -2.49. The summed E-state index contributed by atoms with van der Waals surface area (Å²) in [6.07, 6.45) is 0. The molecular weight excluding hydrogens is 373 g/mol. The summed E-state index contributed by atoms with van der Waals surface area (Å²) in [4.78, 5) is 12.3. The van der Waals surface area contributed by atoms with E-state index in [1.807, 2.05) is 13.0 Å². The monoisotopic (exact) mass is 393 g/mol. The first-order valence-electron chi connectivity index (χ1n) is 8.53. The third-order valence-corrected chi connectivity index (χ3v) is 6.71. The molecule has 0 bridgehead atoms. The van der Waals surface area contributed by atoms with Crippen LogP contribution < -0.4 is 0 Å². The van der Waals surface area contributed by atoms with Crippen LogP contribution >= 0.6 is 0 Å². The topological polar surface area (TPSA) is 83.8 Å². The number of sulfonamides is 1. The minimum atomic E-state index is -3.80. The van der Waals surface area contributed by atoms with Gasteiger partial charge in [0.2, 0.25) is 10.0 Å². The molecule has 7 nitrogen and oxygen atoms in total. The maximum atomic E-state index is 13.4. The van der Waals surface area contributed by atoms with E-state index in [0.717, 1.165) is 11.6 Å². The Morgan fingerprint density at radius 1 is 1.07 bits per heavy atom. The van der Waals surface area contributed by atoms with Gasteiger partial charge in [0.05, 0.1) is 9.82 Å². The van der Waals surface area contributed by atoms with E-state index in [-0.39, 0.29) is 35.5 Å². The van der Waals surface area contributed by atoms with Crippen LogP contribution in [0.4, 0.5) is 10.1 Å². The number of nitro groups is 1. The molecule has 0 aromatic heterocycles. The number of nitrogens with zero attached hydrogens (tertiary/aromatic N) is 3. The predicted octanol–water partition coefficient (Wildman–Crippen LogP) is 2.80. The fourth-order valence-corrected chi connectivity index (χ4v) is 4.68. The summed E-state index contributed by atoms with van der Waals surface area (Å²) in [5, 5.41) is 10.9. The molecule has 0 aliphatic carbocycles. The lowest BCUT2D eigenvalue weighted by Gasteiger charge is -2.37. The smallest absolute Gasteiger partial charge is 0.270 e. The quantitative estimate of drug-likeness (QED) is 0.576. The minimum Gasteiger partial charge on any atom is -0.294 e. The van der Waals surface area contributed by atoms with Gasteiger partial charge >= 0.3 is 0 Å². The van der Waals surface area contributed by atoms with Crippen molar-refractivity contribution in [1.82, 2.24) is 9.21 Å². The first-order chi connectivity index (χ1) is 12.8. The standard InChI is InChI=1S/C18H20FN3O4S/c1-14(15-4-2-5-16(19)12-15)20-8-10-21(11-9-20)27(25,26)18-7-3-6-17(13-18)22(23)24/h2-7,12-14H,8-11H2,1H3. The highest BCUT2D eigenvalue weighted by Gasteiger charge is 2.31. The van der Waals surface area contributed by atoms with Crippen LogP contribution in [0.3, 0.4) is 0 Å². The van der Waals surface area contributed by atoms with Crippen LogP contribution in [0.2, 0.25) is 0 Å². The molecule has 27 heavy (non-hydrogen) atoms. The Hall–Kier alpha value is -2.36. The van der Waals surface area contributed by atoms with Crippen LogP contribution in [0, 0.1) is 15.9 Å². The molecule has 3 rings (SSSR count). The fraction of sp³-hybridized carbons (Fsp3) is 0.333. The van der Waals surface area contributed by atoms with Crippen LogP contribution in [0.1, 0.15) is 18.5 Å². The molecule has 9 heteroatoms. The highest BCUT2D eigenvalue weighted by Crippen LogP contribution is 2.26. The minimum absolute atomic E-state index is 0.0385. The van der Waals surface area contributed by atoms with Gasteiger partial charge in [-0.1, -0.05) is 18.2 Å². The number of hydrogen-bond acceptors (Lipinski definition) is 5. The summed E-state index contributed by atoms with van der Waals surface area (Å²) in [7, 11) is -3.80. The summed E-state index contributed by atoms with van der Waals surface area (Å²) < 4.78 is 40.3. The second-order valence-corrected chi connectivity index (χ2v) is 8.36. The molecule has 0 amide bonds. The van der Waals surface area contributed by atoms with Crippen LogP contribution in [0.5, 0.6) is 0 Å². The van der Waals surface area contributed by atoms with Gasteiger partial charge in [0, 0.05) is 44.4 Å². The molecule has 2 aromatic carbocycles. The van der Waals surface area contributed by atoms with Gasteiger partial charge in [-0.15, -0.1) is 0 Å². The normalized spacial score (nSPS) is 17.6. The zero-order valence-corrected chi connectivity index (χ0v) is 15.6. The molecular formula is C18H20FN3O4S. The summed E-state index contributed by atoms with van der Waals surface area (Å²) in [5.41, 5.74) is 0.583. The molecule has 144 valence electrons. The first kappa shape index (κ1) is 19.4. The highest BCUT2D eigenvalue weighted by atomic mass is 32.2. The van der Waals surface area contributed by atoms with Crippen molar-refractivity contribution in [2.75, 3.05) is 26.2 Å². The lowest BCUT2D eigenvalue weighted by molar-refractivity contribution is -0.385. The van der Waals surface area contributed by atoms with E-state index in [1.54, 1.807) is 6.07 Å². The van der Waals surface area contributed by atoms with Crippen molar-refractivity contribution in [2.24, 2.45) is 0 Å². The molecule has 1 aliphatic heterocycles. The maximum absolute atomic E-state index is 13.4. The summed E-state index contributed by atoms with van der Waals surface area (Å²) >= 11 is 0. The second kappa shape index (κ2) is 7.71. The predicted molar refractivity (Wildman–Crippen MR) is 98.2 cm³/mol. The van der Waals surface area contributed by atoms with Gasteiger partial charge in [-0.05, 0) is 30.7 Å². The molecule has 0 spiro atoms. The largest absolute Gasteiger partial charge is 0.294 e. The summed E-state index contributed by atoms with van der Waals surface area (Å²) in [6.45, 7) is 3.48. The number of rotatable bonds is 5. The Kier molecular flexibility index (Phi) is 5.54. The molecule has 1 atom stereocenters. The number of non-ortho nitro benzene ring substituents is 1. The zero-order chi connectivity index (χ0) is 19.6. The Morgan fingerprint density at radius 2 is 1.74 bits per heavy atom. The fourth-order valence-electron chi connectivity index (χ4n) is 3.22. The van der Waals surface area contributed by atoms with Crippen LogP contribution in [0.25, 0.3) is 0 Å². The van der Waals surface area contributed by atoms with Crippen LogP contribution in [0.15, 0.2) is 53.4 Å². The molecule has 1 saturated heterocycles. The number of hydrogen-bond donors (Lipinski definition) is 0. The Bertz CT molecular complexity index is 943. The SMILES string of the molecule is CC(c1cccc(F)c1)N1CCN(S(=O)(=O)c2cccc([N+](=O)[O-])c2)CC1. The number of nitro benzene ring substituents is 1. The molecule has 0 N–H and O–H groups in total. The van der Waals surface area contributed by atoms with Crippen LogP contribution in [-0.2, 0) is 10.0 Å². The zero-order valence-electron chi connectivity index (χ0n) is 14.8. The molecule has 1 aliphatic rings. The molecule has 1 fully saturated rings. The van der Waals surface area contributed by atoms with E-state index in [4.69, 9.17) is 0 Å². The third-order valence-electron chi connectivity index (χ3n) is 4.82. The maximum Gasteiger partial charge on any atom is 0.270 e. The molecule has 0 saturated carbocycles. The van der Waals surface area contributed by atoms with Gasteiger partial charge in [0.1, 0.15) is 5.82 Å². The van der Waals surface area contributed by atoms with Gasteiger partial charge in [0.15, 0.2) is 0 Å². The van der Waals surface area contributed by atoms with E-state index in [0.29, 0.717) is 13.1 Å². The van der Waals surface area contributed by atoms with Crippen molar-refractivity contribution >= 4 is 15.7 Å². The first-order valence-corrected chi connectivity index (χ1v) is 9.97. The Balaban J connectivity index is 1.71. The van der Waals surface area contributed by atoms with Gasteiger partial charge < -0.3 is 0 Å². The highest BCUT2D eigenvalue weighted by molar-refractivity contribution is 7.89. The van der Waals surface area contributed by atoms with Crippen LogP contribution in [-0.4, -0.2) is 48.7 Å². The van der Waals surface area contributed by atoms with Crippen molar-refractivity contribution in [3.05, 3.63) is 70.0 Å². The third kappa shape index (κ3) is 4.15. The van der Waals surface area contributed by atoms with Gasteiger partial charge in [0.25, 0.3) is 5.69 Å². The second-order valence-electron chi connectivity index (χ2n) is 6.43. The van der Waals surface area contributed by atoms with Crippen molar-refractivity contribution in [3.8, 4) is 0 Å². The lowest BCUT2D eigenvalue weighted by atomic mass is 10.1. The molecule has 1 heterocycles. The van der Waals surface area contributed by atoms with Crippen molar-refractivity contribution in [1.29, 1.82) is 0 Å². The Labute approximate surface area is 157 Å². The number of benzene rings is 2. The number of halogens is 1. The number of piperazine rings is 1. The van der Waals surface area contributed by atoms with E-state index < -0.39 is 14.9 Å². The van der Waals surface area contributed by atoms with E-state index in [1.165, 1.54) is 34.6 Å². The molecule has 1 unspecified atom stereocenters. The van der Waals surface area contributed by atoms with Crippen molar-refractivity contribution in [3.63, 3.8) is 0 Å². The average molecular weight is 393 g/mol. The van der Waals surface area contributed by atoms with E-state index >= 15 is 0 Å².